The van der Waals surface area contributed by atoms with Crippen molar-refractivity contribution in [3.8, 4) is 11.5 Å². The zero-order chi connectivity index (χ0) is 16.8. The Bertz CT molecular complexity index is 685. The number of carboxylic acid groups (broad SMARTS) is 1. The number of carbonyl (C=O) groups is 1. The number of benzene rings is 1. The summed E-state index contributed by atoms with van der Waals surface area (Å²) in [5, 5.41) is 12.9. The molecule has 2 N–H and O–H groups in total. The molecule has 0 saturated carbocycles. The van der Waals surface area contributed by atoms with Crippen LogP contribution >= 0.6 is 11.3 Å². The SMILES string of the molecule is CCOc1ccc(Nc2nc(CC)c(C(=O)O)s2)cc1OCC. The molecule has 0 radical (unpaired) electrons. The van der Waals surface area contributed by atoms with Crippen molar-refractivity contribution in [3.05, 3.63) is 28.8 Å². The molecule has 6 nitrogen and oxygen atoms in total. The molecule has 0 fully saturated rings. The minimum Gasteiger partial charge on any atom is -0.490 e. The lowest BCUT2D eigenvalue weighted by atomic mass is 10.2. The van der Waals surface area contributed by atoms with Crippen molar-refractivity contribution < 1.29 is 19.4 Å². The number of hydrogen-bond donors (Lipinski definition) is 2. The molecule has 0 spiro atoms. The Balaban J connectivity index is 2.26. The smallest absolute Gasteiger partial charge is 0.347 e. The summed E-state index contributed by atoms with van der Waals surface area (Å²) in [7, 11) is 0. The van der Waals surface area contributed by atoms with E-state index in [1.165, 1.54) is 0 Å². The lowest BCUT2D eigenvalue weighted by Gasteiger charge is -2.12. The molecule has 7 heteroatoms. The Morgan fingerprint density at radius 2 is 1.91 bits per heavy atom. The highest BCUT2D eigenvalue weighted by atomic mass is 32.1. The van der Waals surface area contributed by atoms with Gasteiger partial charge in [-0.2, -0.15) is 0 Å². The fraction of sp³-hybridized carbons (Fsp3) is 0.375. The van der Waals surface area contributed by atoms with Crippen molar-refractivity contribution in [2.24, 2.45) is 0 Å². The van der Waals surface area contributed by atoms with Gasteiger partial charge in [0, 0.05) is 11.8 Å². The predicted molar refractivity (Wildman–Crippen MR) is 90.5 cm³/mol. The quantitative estimate of drug-likeness (QED) is 0.760. The summed E-state index contributed by atoms with van der Waals surface area (Å²) in [5.74, 6) is 0.374. The van der Waals surface area contributed by atoms with Gasteiger partial charge in [-0.3, -0.25) is 0 Å². The van der Waals surface area contributed by atoms with Crippen LogP contribution in [0.25, 0.3) is 0 Å². The summed E-state index contributed by atoms with van der Waals surface area (Å²) in [5.41, 5.74) is 1.35. The van der Waals surface area contributed by atoms with Gasteiger partial charge in [0.25, 0.3) is 0 Å². The van der Waals surface area contributed by atoms with Crippen LogP contribution in [0.3, 0.4) is 0 Å². The van der Waals surface area contributed by atoms with Crippen LogP contribution in [0, 0.1) is 0 Å². The average Bonchev–Trinajstić information content (AvgIpc) is 2.93. The number of rotatable bonds is 8. The van der Waals surface area contributed by atoms with Crippen LogP contribution in [0.1, 0.15) is 36.1 Å². The molecule has 1 aromatic carbocycles. The number of nitrogens with one attached hydrogen (secondary N) is 1. The van der Waals surface area contributed by atoms with E-state index in [1.807, 2.05) is 39.0 Å². The highest BCUT2D eigenvalue weighted by Crippen LogP contribution is 2.33. The third-order valence-electron chi connectivity index (χ3n) is 3.02. The van der Waals surface area contributed by atoms with Gasteiger partial charge in [0.05, 0.1) is 18.9 Å². The van der Waals surface area contributed by atoms with Gasteiger partial charge in [-0.1, -0.05) is 18.3 Å². The van der Waals surface area contributed by atoms with Crippen LogP contribution in [0.15, 0.2) is 18.2 Å². The van der Waals surface area contributed by atoms with Crippen LogP contribution in [-0.2, 0) is 6.42 Å². The molecule has 23 heavy (non-hydrogen) atoms. The van der Waals surface area contributed by atoms with Crippen LogP contribution in [-0.4, -0.2) is 29.3 Å². The lowest BCUT2D eigenvalue weighted by molar-refractivity contribution is 0.0701. The first kappa shape index (κ1) is 17.1. The predicted octanol–water partition coefficient (Wildman–Crippen LogP) is 3.94. The van der Waals surface area contributed by atoms with Gasteiger partial charge >= 0.3 is 5.97 Å². The topological polar surface area (TPSA) is 80.7 Å². The van der Waals surface area contributed by atoms with Gasteiger partial charge in [-0.25, -0.2) is 9.78 Å². The van der Waals surface area contributed by atoms with Gasteiger partial charge in [-0.15, -0.1) is 0 Å². The van der Waals surface area contributed by atoms with Crippen molar-refractivity contribution in [3.63, 3.8) is 0 Å². The van der Waals surface area contributed by atoms with Crippen LogP contribution in [0.2, 0.25) is 0 Å². The molecule has 2 rings (SSSR count). The number of aromatic nitrogens is 1. The molecule has 1 aromatic heterocycles. The number of aromatic carboxylic acids is 1. The molecule has 0 aliphatic carbocycles. The Morgan fingerprint density at radius 3 is 2.48 bits per heavy atom. The number of thiazole rings is 1. The van der Waals surface area contributed by atoms with E-state index in [0.29, 0.717) is 42.0 Å². The first-order valence-corrected chi connectivity index (χ1v) is 8.30. The van der Waals surface area contributed by atoms with Crippen molar-refractivity contribution in [2.45, 2.75) is 27.2 Å². The lowest BCUT2D eigenvalue weighted by Crippen LogP contribution is -1.99. The van der Waals surface area contributed by atoms with E-state index in [0.717, 1.165) is 17.0 Å². The van der Waals surface area contributed by atoms with E-state index in [1.54, 1.807) is 0 Å². The molecule has 0 aliphatic rings. The van der Waals surface area contributed by atoms with Crippen LogP contribution in [0.4, 0.5) is 10.8 Å². The molecule has 0 aliphatic heterocycles. The molecule has 124 valence electrons. The number of hydrogen-bond acceptors (Lipinski definition) is 6. The van der Waals surface area contributed by atoms with Gasteiger partial charge in [0.15, 0.2) is 16.6 Å². The first-order chi connectivity index (χ1) is 11.1. The van der Waals surface area contributed by atoms with Crippen molar-refractivity contribution in [1.82, 2.24) is 4.98 Å². The molecule has 1 heterocycles. The zero-order valence-corrected chi connectivity index (χ0v) is 14.2. The molecule has 0 amide bonds. The van der Waals surface area contributed by atoms with Crippen molar-refractivity contribution in [2.75, 3.05) is 18.5 Å². The number of aryl methyl sites for hydroxylation is 1. The Hall–Kier alpha value is -2.28. The molecule has 2 aromatic rings. The maximum Gasteiger partial charge on any atom is 0.347 e. The van der Waals surface area contributed by atoms with Crippen molar-refractivity contribution in [1.29, 1.82) is 0 Å². The normalized spacial score (nSPS) is 10.4. The van der Waals surface area contributed by atoms with Crippen LogP contribution < -0.4 is 14.8 Å². The summed E-state index contributed by atoms with van der Waals surface area (Å²) >= 11 is 1.13. The minimum atomic E-state index is -0.950. The third kappa shape index (κ3) is 4.13. The minimum absolute atomic E-state index is 0.269. The van der Waals surface area contributed by atoms with E-state index in [-0.39, 0.29) is 4.88 Å². The number of nitrogens with zero attached hydrogens (tertiary/aromatic N) is 1. The fourth-order valence-electron chi connectivity index (χ4n) is 2.06. The Kier molecular flexibility index (Phi) is 5.81. The largest absolute Gasteiger partial charge is 0.490 e. The third-order valence-corrected chi connectivity index (χ3v) is 4.02. The van der Waals surface area contributed by atoms with Gasteiger partial charge < -0.3 is 19.9 Å². The van der Waals surface area contributed by atoms with E-state index in [2.05, 4.69) is 10.3 Å². The van der Waals surface area contributed by atoms with Gasteiger partial charge in [0.1, 0.15) is 4.88 Å². The molecule has 0 saturated heterocycles. The fourth-order valence-corrected chi connectivity index (χ4v) is 2.98. The first-order valence-electron chi connectivity index (χ1n) is 7.48. The highest BCUT2D eigenvalue weighted by molar-refractivity contribution is 7.17. The molecular formula is C16H20N2O4S. The summed E-state index contributed by atoms with van der Waals surface area (Å²) in [6.45, 7) is 6.79. The zero-order valence-electron chi connectivity index (χ0n) is 13.4. The van der Waals surface area contributed by atoms with Gasteiger partial charge in [-0.05, 0) is 32.4 Å². The maximum absolute atomic E-state index is 11.2. The van der Waals surface area contributed by atoms with E-state index in [4.69, 9.17) is 9.47 Å². The second kappa shape index (κ2) is 7.82. The molecule has 0 bridgehead atoms. The number of ether oxygens (including phenoxy) is 2. The summed E-state index contributed by atoms with van der Waals surface area (Å²) in [4.78, 5) is 15.8. The molecule has 0 atom stereocenters. The monoisotopic (exact) mass is 336 g/mol. The van der Waals surface area contributed by atoms with E-state index < -0.39 is 5.97 Å². The standard InChI is InChI=1S/C16H20N2O4S/c1-4-11-14(15(19)20)23-16(18-11)17-10-7-8-12(21-5-2)13(9-10)22-6-3/h7-9H,4-6H2,1-3H3,(H,17,18)(H,19,20). The molecular weight excluding hydrogens is 316 g/mol. The number of anilines is 2. The number of carboxylic acids is 1. The molecule has 0 unspecified atom stereocenters. The average molecular weight is 336 g/mol. The summed E-state index contributed by atoms with van der Waals surface area (Å²) < 4.78 is 11.1. The van der Waals surface area contributed by atoms with Gasteiger partial charge in [0.2, 0.25) is 0 Å². The maximum atomic E-state index is 11.2. The highest BCUT2D eigenvalue weighted by Gasteiger charge is 2.16. The summed E-state index contributed by atoms with van der Waals surface area (Å²) in [6.07, 6.45) is 0.577. The Labute approximate surface area is 139 Å². The van der Waals surface area contributed by atoms with E-state index in [9.17, 15) is 9.90 Å². The van der Waals surface area contributed by atoms with E-state index >= 15 is 0 Å². The second-order valence-electron chi connectivity index (χ2n) is 4.61. The Morgan fingerprint density at radius 1 is 1.22 bits per heavy atom. The van der Waals surface area contributed by atoms with Crippen LogP contribution in [0.5, 0.6) is 11.5 Å². The van der Waals surface area contributed by atoms with Crippen molar-refractivity contribution >= 4 is 28.1 Å². The second-order valence-corrected chi connectivity index (χ2v) is 5.61. The summed E-state index contributed by atoms with van der Waals surface area (Å²) in [6, 6.07) is 5.49.